The normalized spacial score (nSPS) is 11.3. The fraction of sp³-hybridized carbons (Fsp3) is 0.652. The van der Waals surface area contributed by atoms with Gasteiger partial charge in [0.05, 0.1) is 7.11 Å². The fourth-order valence-electron chi connectivity index (χ4n) is 2.92. The van der Waals surface area contributed by atoms with Gasteiger partial charge in [-0.2, -0.15) is 0 Å². The number of carbonyl (C=O) groups is 2. The number of aryl methyl sites for hydroxylation is 2. The molecule has 0 aliphatic carbocycles. The van der Waals surface area contributed by atoms with E-state index in [1.165, 1.54) is 43.9 Å². The summed E-state index contributed by atoms with van der Waals surface area (Å²) in [6.45, 7) is 5.67. The molecule has 0 heterocycles. The topological polar surface area (TPSA) is 52.6 Å². The summed E-state index contributed by atoms with van der Waals surface area (Å²) in [5, 5.41) is 0. The Labute approximate surface area is 164 Å². The van der Waals surface area contributed by atoms with Gasteiger partial charge in [-0.1, -0.05) is 49.9 Å². The van der Waals surface area contributed by atoms with Crippen molar-refractivity contribution in [1.82, 2.24) is 0 Å². The second-order valence-electron chi connectivity index (χ2n) is 8.10. The van der Waals surface area contributed by atoms with Crippen LogP contribution in [-0.2, 0) is 31.9 Å². The van der Waals surface area contributed by atoms with E-state index in [1.807, 2.05) is 20.8 Å². The lowest BCUT2D eigenvalue weighted by molar-refractivity contribution is -0.154. The summed E-state index contributed by atoms with van der Waals surface area (Å²) in [7, 11) is 1.44. The molecule has 0 aliphatic heterocycles. The molecule has 0 atom stereocenters. The maximum atomic E-state index is 11.8. The quantitative estimate of drug-likeness (QED) is 0.362. The third-order valence-electron chi connectivity index (χ3n) is 4.38. The van der Waals surface area contributed by atoms with Gasteiger partial charge < -0.3 is 9.47 Å². The lowest BCUT2D eigenvalue weighted by Gasteiger charge is -2.19. The minimum atomic E-state index is -0.414. The van der Waals surface area contributed by atoms with Crippen LogP contribution < -0.4 is 0 Å². The van der Waals surface area contributed by atoms with Crippen LogP contribution in [0.1, 0.15) is 83.3 Å². The zero-order valence-corrected chi connectivity index (χ0v) is 17.5. The van der Waals surface area contributed by atoms with Crippen molar-refractivity contribution in [3.05, 3.63) is 35.4 Å². The molecule has 0 aromatic heterocycles. The van der Waals surface area contributed by atoms with E-state index in [0.717, 1.165) is 25.7 Å². The molecule has 27 heavy (non-hydrogen) atoms. The molecule has 1 aromatic rings. The fourth-order valence-corrected chi connectivity index (χ4v) is 2.92. The predicted octanol–water partition coefficient (Wildman–Crippen LogP) is 5.41. The van der Waals surface area contributed by atoms with E-state index >= 15 is 0 Å². The number of esters is 2. The number of hydrogen-bond donors (Lipinski definition) is 0. The summed E-state index contributed by atoms with van der Waals surface area (Å²) < 4.78 is 9.98. The van der Waals surface area contributed by atoms with Crippen LogP contribution >= 0.6 is 0 Å². The highest BCUT2D eigenvalue weighted by atomic mass is 16.6. The van der Waals surface area contributed by atoms with Gasteiger partial charge in [0.15, 0.2) is 0 Å². The first kappa shape index (κ1) is 23.2. The zero-order chi connectivity index (χ0) is 20.1. The summed E-state index contributed by atoms with van der Waals surface area (Å²) >= 11 is 0. The average molecular weight is 377 g/mol. The number of methoxy groups -OCH3 is 1. The van der Waals surface area contributed by atoms with Crippen molar-refractivity contribution in [2.24, 2.45) is 0 Å². The van der Waals surface area contributed by atoms with Crippen LogP contribution in [-0.4, -0.2) is 24.6 Å². The minimum Gasteiger partial charge on any atom is -0.469 e. The lowest BCUT2D eigenvalue weighted by atomic mass is 10.0. The zero-order valence-electron chi connectivity index (χ0n) is 17.5. The van der Waals surface area contributed by atoms with E-state index < -0.39 is 5.60 Å². The second-order valence-corrected chi connectivity index (χ2v) is 8.10. The number of unbranched alkanes of at least 4 members (excludes halogenated alkanes) is 5. The molecule has 4 nitrogen and oxygen atoms in total. The van der Waals surface area contributed by atoms with Crippen molar-refractivity contribution in [1.29, 1.82) is 0 Å². The molecule has 1 rings (SSSR count). The van der Waals surface area contributed by atoms with Gasteiger partial charge >= 0.3 is 11.9 Å². The third kappa shape index (κ3) is 12.2. The van der Waals surface area contributed by atoms with Crippen LogP contribution in [0.25, 0.3) is 0 Å². The summed E-state index contributed by atoms with van der Waals surface area (Å²) in [5.74, 6) is -0.247. The smallest absolute Gasteiger partial charge is 0.306 e. The Kier molecular flexibility index (Phi) is 10.8. The number of benzene rings is 1. The Balaban J connectivity index is 2.12. The van der Waals surface area contributed by atoms with E-state index in [1.54, 1.807) is 0 Å². The largest absolute Gasteiger partial charge is 0.469 e. The maximum absolute atomic E-state index is 11.8. The summed E-state index contributed by atoms with van der Waals surface area (Å²) in [6.07, 6.45) is 9.61. The van der Waals surface area contributed by atoms with Crippen molar-refractivity contribution in [2.45, 2.75) is 90.6 Å². The Morgan fingerprint density at radius 1 is 0.741 bits per heavy atom. The number of carbonyl (C=O) groups excluding carboxylic acids is 2. The SMILES string of the molecule is COC(=O)CCCCCCCCc1ccc(CCC(=O)OC(C)(C)C)cc1. The minimum absolute atomic E-state index is 0.107. The van der Waals surface area contributed by atoms with Crippen molar-refractivity contribution in [3.63, 3.8) is 0 Å². The molecular weight excluding hydrogens is 340 g/mol. The van der Waals surface area contributed by atoms with Gasteiger partial charge in [-0.15, -0.1) is 0 Å². The van der Waals surface area contributed by atoms with Gasteiger partial charge in [-0.25, -0.2) is 0 Å². The standard InChI is InChI=1S/C23H36O4/c1-23(2,3)27-22(25)18-17-20-15-13-19(14-16-20)11-9-7-5-6-8-10-12-21(24)26-4/h13-16H,5-12,17-18H2,1-4H3. The first-order chi connectivity index (χ1) is 12.8. The molecule has 0 aliphatic rings. The molecule has 1 aromatic carbocycles. The first-order valence-corrected chi connectivity index (χ1v) is 10.2. The van der Waals surface area contributed by atoms with Crippen LogP contribution in [0.4, 0.5) is 0 Å². The van der Waals surface area contributed by atoms with Crippen LogP contribution in [0.5, 0.6) is 0 Å². The summed E-state index contributed by atoms with van der Waals surface area (Å²) in [6, 6.07) is 8.57. The Morgan fingerprint density at radius 3 is 1.81 bits per heavy atom. The van der Waals surface area contributed by atoms with Crippen LogP contribution in [0.2, 0.25) is 0 Å². The molecule has 0 radical (unpaired) electrons. The van der Waals surface area contributed by atoms with Crippen molar-refractivity contribution in [2.75, 3.05) is 7.11 Å². The molecular formula is C23H36O4. The van der Waals surface area contributed by atoms with Gasteiger partial charge in [0.2, 0.25) is 0 Å². The van der Waals surface area contributed by atoms with E-state index in [0.29, 0.717) is 12.8 Å². The highest BCUT2D eigenvalue weighted by Crippen LogP contribution is 2.14. The van der Waals surface area contributed by atoms with E-state index in [-0.39, 0.29) is 11.9 Å². The molecule has 0 spiro atoms. The van der Waals surface area contributed by atoms with Gasteiger partial charge in [0.25, 0.3) is 0 Å². The van der Waals surface area contributed by atoms with Crippen molar-refractivity contribution < 1.29 is 19.1 Å². The van der Waals surface area contributed by atoms with Crippen molar-refractivity contribution in [3.8, 4) is 0 Å². The molecule has 0 fully saturated rings. The maximum Gasteiger partial charge on any atom is 0.306 e. The van der Waals surface area contributed by atoms with Crippen LogP contribution in [0.3, 0.4) is 0 Å². The molecule has 0 amide bonds. The highest BCUT2D eigenvalue weighted by molar-refractivity contribution is 5.70. The average Bonchev–Trinajstić information content (AvgIpc) is 2.61. The monoisotopic (exact) mass is 376 g/mol. The lowest BCUT2D eigenvalue weighted by Crippen LogP contribution is -2.23. The molecule has 4 heteroatoms. The van der Waals surface area contributed by atoms with E-state index in [2.05, 4.69) is 29.0 Å². The highest BCUT2D eigenvalue weighted by Gasteiger charge is 2.15. The summed E-state index contributed by atoms with van der Waals surface area (Å²) in [5.41, 5.74) is 2.11. The molecule has 152 valence electrons. The second kappa shape index (κ2) is 12.5. The third-order valence-corrected chi connectivity index (χ3v) is 4.38. The molecule has 0 bridgehead atoms. The first-order valence-electron chi connectivity index (χ1n) is 10.2. The van der Waals surface area contributed by atoms with Crippen LogP contribution in [0, 0.1) is 0 Å². The van der Waals surface area contributed by atoms with Gasteiger partial charge in [-0.05, 0) is 57.6 Å². The van der Waals surface area contributed by atoms with Gasteiger partial charge in [0, 0.05) is 12.8 Å². The summed E-state index contributed by atoms with van der Waals surface area (Å²) in [4.78, 5) is 22.8. The molecule has 0 saturated carbocycles. The predicted molar refractivity (Wildman–Crippen MR) is 109 cm³/mol. The Morgan fingerprint density at radius 2 is 1.26 bits per heavy atom. The molecule has 0 unspecified atom stereocenters. The van der Waals surface area contributed by atoms with E-state index in [9.17, 15) is 9.59 Å². The van der Waals surface area contributed by atoms with E-state index in [4.69, 9.17) is 4.74 Å². The number of ether oxygens (including phenoxy) is 2. The Hall–Kier alpha value is -1.84. The van der Waals surface area contributed by atoms with Crippen molar-refractivity contribution >= 4 is 11.9 Å². The Bertz CT molecular complexity index is 555. The number of hydrogen-bond acceptors (Lipinski definition) is 4. The number of rotatable bonds is 12. The molecule has 0 N–H and O–H groups in total. The van der Waals surface area contributed by atoms with Gasteiger partial charge in [0.1, 0.15) is 5.60 Å². The van der Waals surface area contributed by atoms with Gasteiger partial charge in [-0.3, -0.25) is 9.59 Å². The van der Waals surface area contributed by atoms with Crippen LogP contribution in [0.15, 0.2) is 24.3 Å². The molecule has 0 saturated heterocycles.